The Morgan fingerprint density at radius 1 is 1.15 bits per heavy atom. The van der Waals surface area contributed by atoms with E-state index in [1.807, 2.05) is 13.8 Å². The first-order chi connectivity index (χ1) is 9.37. The van der Waals surface area contributed by atoms with Crippen molar-refractivity contribution in [1.82, 2.24) is 0 Å². The molecule has 0 bridgehead atoms. The summed E-state index contributed by atoms with van der Waals surface area (Å²) in [6.07, 6.45) is -0.0597. The SMILES string of the molecule is CCC1(CC)C(O)CC1Oc1c(F)c(F)cc(F)c1F. The molecule has 1 fully saturated rings. The second-order valence-electron chi connectivity index (χ2n) is 5.10. The van der Waals surface area contributed by atoms with E-state index in [1.54, 1.807) is 0 Å². The Bertz CT molecular complexity index is 488. The largest absolute Gasteiger partial charge is 0.483 e. The summed E-state index contributed by atoms with van der Waals surface area (Å²) in [4.78, 5) is 0. The monoisotopic (exact) mass is 292 g/mol. The molecular formula is C14H16F4O2. The first-order valence-electron chi connectivity index (χ1n) is 6.55. The van der Waals surface area contributed by atoms with Gasteiger partial charge in [-0.05, 0) is 12.8 Å². The highest BCUT2D eigenvalue weighted by Crippen LogP contribution is 2.49. The molecule has 112 valence electrons. The number of halogens is 4. The summed E-state index contributed by atoms with van der Waals surface area (Å²) in [5, 5.41) is 9.84. The molecule has 6 heteroatoms. The van der Waals surface area contributed by atoms with Crippen LogP contribution in [0.5, 0.6) is 5.75 Å². The maximum Gasteiger partial charge on any atom is 0.203 e. The Hall–Kier alpha value is -1.30. The smallest absolute Gasteiger partial charge is 0.203 e. The zero-order chi connectivity index (χ0) is 15.1. The number of benzene rings is 1. The summed E-state index contributed by atoms with van der Waals surface area (Å²) in [6.45, 7) is 3.64. The van der Waals surface area contributed by atoms with Crippen molar-refractivity contribution < 1.29 is 27.4 Å². The van der Waals surface area contributed by atoms with Crippen molar-refractivity contribution in [3.8, 4) is 5.75 Å². The van der Waals surface area contributed by atoms with Crippen LogP contribution in [0.4, 0.5) is 17.6 Å². The molecule has 0 saturated heterocycles. The van der Waals surface area contributed by atoms with E-state index in [1.165, 1.54) is 0 Å². The van der Waals surface area contributed by atoms with Crippen LogP contribution in [-0.4, -0.2) is 17.3 Å². The highest BCUT2D eigenvalue weighted by atomic mass is 19.2. The van der Waals surface area contributed by atoms with Crippen LogP contribution in [0.2, 0.25) is 0 Å². The van der Waals surface area contributed by atoms with Crippen molar-refractivity contribution in [2.45, 2.75) is 45.3 Å². The van der Waals surface area contributed by atoms with Crippen molar-refractivity contribution >= 4 is 0 Å². The first-order valence-corrected chi connectivity index (χ1v) is 6.55. The number of aliphatic hydroxyl groups is 1. The summed E-state index contributed by atoms with van der Waals surface area (Å²) in [7, 11) is 0. The van der Waals surface area contributed by atoms with E-state index in [0.717, 1.165) is 0 Å². The average Bonchev–Trinajstić information content (AvgIpc) is 2.41. The second-order valence-corrected chi connectivity index (χ2v) is 5.10. The Morgan fingerprint density at radius 3 is 2.05 bits per heavy atom. The van der Waals surface area contributed by atoms with Crippen LogP contribution in [0.3, 0.4) is 0 Å². The van der Waals surface area contributed by atoms with Gasteiger partial charge in [0.15, 0.2) is 17.4 Å². The Balaban J connectivity index is 2.32. The minimum Gasteiger partial charge on any atom is -0.483 e. The molecule has 1 aliphatic carbocycles. The summed E-state index contributed by atoms with van der Waals surface area (Å²) in [6, 6.07) is 0.139. The molecule has 0 heterocycles. The van der Waals surface area contributed by atoms with Crippen molar-refractivity contribution in [3.63, 3.8) is 0 Å². The maximum atomic E-state index is 13.6. The van der Waals surface area contributed by atoms with Gasteiger partial charge in [-0.1, -0.05) is 13.8 Å². The molecule has 0 spiro atoms. The average molecular weight is 292 g/mol. The number of hydrogen-bond acceptors (Lipinski definition) is 2. The molecule has 0 aromatic heterocycles. The molecule has 2 nitrogen and oxygen atoms in total. The molecular weight excluding hydrogens is 276 g/mol. The molecule has 0 aliphatic heterocycles. The molecule has 1 aromatic carbocycles. The third-order valence-corrected chi connectivity index (χ3v) is 4.39. The summed E-state index contributed by atoms with van der Waals surface area (Å²) in [5.74, 6) is -7.15. The molecule has 2 rings (SSSR count). The highest BCUT2D eigenvalue weighted by Gasteiger charge is 2.54. The molecule has 1 aliphatic rings. The van der Waals surface area contributed by atoms with Gasteiger partial charge in [0.05, 0.1) is 6.10 Å². The summed E-state index contributed by atoms with van der Waals surface area (Å²) in [5.41, 5.74) is -0.637. The van der Waals surface area contributed by atoms with Crippen LogP contribution < -0.4 is 4.74 Å². The maximum absolute atomic E-state index is 13.6. The molecule has 20 heavy (non-hydrogen) atoms. The topological polar surface area (TPSA) is 29.5 Å². The lowest BCUT2D eigenvalue weighted by Gasteiger charge is -2.52. The van der Waals surface area contributed by atoms with Gasteiger partial charge in [-0.3, -0.25) is 0 Å². The van der Waals surface area contributed by atoms with Crippen LogP contribution in [-0.2, 0) is 0 Å². The second kappa shape index (κ2) is 5.24. The third kappa shape index (κ3) is 2.06. The van der Waals surface area contributed by atoms with Gasteiger partial charge in [-0.2, -0.15) is 8.78 Å². The van der Waals surface area contributed by atoms with Gasteiger partial charge in [0.2, 0.25) is 11.6 Å². The quantitative estimate of drug-likeness (QED) is 0.679. The Labute approximate surface area is 114 Å². The fraction of sp³-hybridized carbons (Fsp3) is 0.571. The minimum absolute atomic E-state index is 0.139. The van der Waals surface area contributed by atoms with E-state index in [-0.39, 0.29) is 12.5 Å². The molecule has 2 atom stereocenters. The molecule has 1 saturated carbocycles. The standard InChI is InChI=1S/C14H16F4O2/c1-3-14(4-2)9(19)6-10(14)20-13-11(17)7(15)5-8(16)12(13)18/h5,9-10,19H,3-4,6H2,1-2H3. The van der Waals surface area contributed by atoms with E-state index in [2.05, 4.69) is 0 Å². The van der Waals surface area contributed by atoms with Crippen LogP contribution in [0, 0.1) is 28.7 Å². The Kier molecular flexibility index (Phi) is 3.95. The van der Waals surface area contributed by atoms with E-state index in [9.17, 15) is 22.7 Å². The van der Waals surface area contributed by atoms with E-state index in [4.69, 9.17) is 4.74 Å². The van der Waals surface area contributed by atoms with Gasteiger partial charge in [0.1, 0.15) is 6.10 Å². The zero-order valence-electron chi connectivity index (χ0n) is 11.2. The molecule has 1 aromatic rings. The van der Waals surface area contributed by atoms with Crippen LogP contribution in [0.15, 0.2) is 6.07 Å². The lowest BCUT2D eigenvalue weighted by atomic mass is 9.60. The predicted octanol–water partition coefficient (Wildman–Crippen LogP) is 3.56. The minimum atomic E-state index is -1.55. The first kappa shape index (κ1) is 15.1. The number of ether oxygens (including phenoxy) is 1. The van der Waals surface area contributed by atoms with Gasteiger partial charge in [-0.25, -0.2) is 8.78 Å². The fourth-order valence-corrected chi connectivity index (χ4v) is 2.87. The Morgan fingerprint density at radius 2 is 1.65 bits per heavy atom. The highest BCUT2D eigenvalue weighted by molar-refractivity contribution is 5.29. The van der Waals surface area contributed by atoms with Crippen molar-refractivity contribution in [2.24, 2.45) is 5.41 Å². The lowest BCUT2D eigenvalue weighted by Crippen LogP contribution is -2.59. The zero-order valence-corrected chi connectivity index (χ0v) is 11.2. The summed E-state index contributed by atoms with van der Waals surface area (Å²) < 4.78 is 58.5. The van der Waals surface area contributed by atoms with Crippen LogP contribution in [0.1, 0.15) is 33.1 Å². The normalized spacial score (nSPS) is 24.4. The number of rotatable bonds is 4. The van der Waals surface area contributed by atoms with E-state index in [0.29, 0.717) is 12.8 Å². The van der Waals surface area contributed by atoms with Gasteiger partial charge < -0.3 is 9.84 Å². The lowest BCUT2D eigenvalue weighted by molar-refractivity contribution is -0.161. The van der Waals surface area contributed by atoms with Gasteiger partial charge in [-0.15, -0.1) is 0 Å². The van der Waals surface area contributed by atoms with E-state index >= 15 is 0 Å². The number of aliphatic hydroxyl groups excluding tert-OH is 1. The van der Waals surface area contributed by atoms with Crippen molar-refractivity contribution in [2.75, 3.05) is 0 Å². The van der Waals surface area contributed by atoms with Crippen molar-refractivity contribution in [3.05, 3.63) is 29.3 Å². The predicted molar refractivity (Wildman–Crippen MR) is 64.3 cm³/mol. The van der Waals surface area contributed by atoms with Crippen LogP contribution >= 0.6 is 0 Å². The van der Waals surface area contributed by atoms with Gasteiger partial charge >= 0.3 is 0 Å². The molecule has 2 unspecified atom stereocenters. The van der Waals surface area contributed by atoms with Crippen molar-refractivity contribution in [1.29, 1.82) is 0 Å². The molecule has 0 radical (unpaired) electrons. The van der Waals surface area contributed by atoms with Gasteiger partial charge in [0, 0.05) is 17.9 Å². The number of hydrogen-bond donors (Lipinski definition) is 1. The fourth-order valence-electron chi connectivity index (χ4n) is 2.87. The summed E-state index contributed by atoms with van der Waals surface area (Å²) >= 11 is 0. The molecule has 1 N–H and O–H groups in total. The third-order valence-electron chi connectivity index (χ3n) is 4.39. The van der Waals surface area contributed by atoms with Gasteiger partial charge in [0.25, 0.3) is 0 Å². The molecule has 0 amide bonds. The van der Waals surface area contributed by atoms with E-state index < -0.39 is 46.6 Å². The van der Waals surface area contributed by atoms with Crippen LogP contribution in [0.25, 0.3) is 0 Å².